The first kappa shape index (κ1) is 22.7. The van der Waals surface area contributed by atoms with Crippen molar-refractivity contribution in [2.45, 2.75) is 57.8 Å². The Morgan fingerprint density at radius 3 is 2.19 bits per heavy atom. The number of nitrogens with zero attached hydrogens (tertiary/aromatic N) is 3. The summed E-state index contributed by atoms with van der Waals surface area (Å²) in [6.45, 7) is 8.18. The fourth-order valence-electron chi connectivity index (χ4n) is 3.76. The van der Waals surface area contributed by atoms with Gasteiger partial charge in [0.05, 0.1) is 42.0 Å². The maximum Gasteiger partial charge on any atom is 0.501 e. The topological polar surface area (TPSA) is 65.8 Å². The molecule has 7 nitrogen and oxygen atoms in total. The molecule has 0 saturated carbocycles. The van der Waals surface area contributed by atoms with Crippen molar-refractivity contribution in [2.75, 3.05) is 18.6 Å². The number of ether oxygens (including phenoxy) is 1. The molecule has 1 aromatic heterocycles. The molecule has 2 aliphatic rings. The Hall–Kier alpha value is -2.53. The van der Waals surface area contributed by atoms with Crippen molar-refractivity contribution in [1.82, 2.24) is 9.78 Å². The first-order valence-corrected chi connectivity index (χ1v) is 10.3. The Morgan fingerprint density at radius 1 is 1.16 bits per heavy atom. The lowest BCUT2D eigenvalue weighted by Gasteiger charge is -2.47. The number of anilines is 1. The highest BCUT2D eigenvalue weighted by atomic mass is 19.3. The minimum atomic E-state index is -2.92. The Balaban J connectivity index is 1.94. The van der Waals surface area contributed by atoms with Crippen molar-refractivity contribution >= 4 is 24.4 Å². The third-order valence-corrected chi connectivity index (χ3v) is 6.57. The average molecular weight is 451 g/mol. The van der Waals surface area contributed by atoms with Crippen LogP contribution in [0.4, 0.5) is 19.0 Å². The molecule has 2 aromatic rings. The van der Waals surface area contributed by atoms with Crippen LogP contribution in [-0.4, -0.2) is 59.7 Å². The van der Waals surface area contributed by atoms with E-state index in [0.29, 0.717) is 5.69 Å². The van der Waals surface area contributed by atoms with Gasteiger partial charge in [0.2, 0.25) is 0 Å². The van der Waals surface area contributed by atoms with E-state index in [1.807, 2.05) is 27.7 Å². The number of methoxy groups -OCH3 is 1. The van der Waals surface area contributed by atoms with Gasteiger partial charge in [-0.1, -0.05) is 0 Å². The van der Waals surface area contributed by atoms with Gasteiger partial charge < -0.3 is 18.9 Å². The summed E-state index contributed by atoms with van der Waals surface area (Å²) in [6, 6.07) is 4.18. The molecule has 172 valence electrons. The van der Waals surface area contributed by atoms with E-state index in [-0.39, 0.29) is 17.0 Å². The summed E-state index contributed by atoms with van der Waals surface area (Å²) in [7, 11) is 0.146. The molecular weight excluding hydrogens is 426 g/mol. The quantitative estimate of drug-likeness (QED) is 0.526. The van der Waals surface area contributed by atoms with Crippen LogP contribution in [0.1, 0.15) is 45.1 Å². The second-order valence-electron chi connectivity index (χ2n) is 9.12. The van der Waals surface area contributed by atoms with Crippen molar-refractivity contribution in [3.05, 3.63) is 35.8 Å². The number of carbonyl (C=O) groups excluding carboxylic acids is 1. The Morgan fingerprint density at radius 2 is 1.72 bits per heavy atom. The lowest BCUT2D eigenvalue weighted by Crippen LogP contribution is -2.65. The van der Waals surface area contributed by atoms with Gasteiger partial charge in [0.15, 0.2) is 5.69 Å². The van der Waals surface area contributed by atoms with Gasteiger partial charge in [0.1, 0.15) is 11.6 Å². The molecular formula is C21H25BF3N3O4. The molecule has 0 spiro atoms. The van der Waals surface area contributed by atoms with Crippen molar-refractivity contribution in [2.24, 2.45) is 0 Å². The van der Waals surface area contributed by atoms with Gasteiger partial charge in [-0.15, -0.1) is 0 Å². The zero-order chi connectivity index (χ0) is 23.6. The predicted molar refractivity (Wildman–Crippen MR) is 112 cm³/mol. The largest absolute Gasteiger partial charge is 0.501 e. The molecule has 0 aliphatic carbocycles. The monoisotopic (exact) mass is 451 g/mol. The van der Waals surface area contributed by atoms with Gasteiger partial charge in [-0.3, -0.25) is 0 Å². The number of hydrogen-bond acceptors (Lipinski definition) is 6. The van der Waals surface area contributed by atoms with E-state index in [1.165, 1.54) is 47.9 Å². The number of halogens is 3. The maximum atomic E-state index is 14.2. The third kappa shape index (κ3) is 3.38. The predicted octanol–water partition coefficient (Wildman–Crippen LogP) is 2.94. The summed E-state index contributed by atoms with van der Waals surface area (Å²) in [5.74, 6) is -3.94. The number of carbonyl (C=O) groups is 1. The second-order valence-corrected chi connectivity index (χ2v) is 9.12. The highest BCUT2D eigenvalue weighted by Gasteiger charge is 2.58. The van der Waals surface area contributed by atoms with Gasteiger partial charge in [-0.2, -0.15) is 5.10 Å². The maximum absolute atomic E-state index is 14.2. The molecule has 0 N–H and O–H groups in total. The van der Waals surface area contributed by atoms with Crippen LogP contribution in [-0.2, 0) is 14.0 Å². The van der Waals surface area contributed by atoms with Crippen LogP contribution in [0.25, 0.3) is 5.69 Å². The van der Waals surface area contributed by atoms with Crippen LogP contribution in [0.5, 0.6) is 0 Å². The number of rotatable bonds is 4. The minimum absolute atomic E-state index is 0.118. The molecule has 0 bridgehead atoms. The summed E-state index contributed by atoms with van der Waals surface area (Å²) in [5, 5.41) is 4.38. The summed E-state index contributed by atoms with van der Waals surface area (Å²) in [6.07, 6.45) is 0. The van der Waals surface area contributed by atoms with Gasteiger partial charge in [0.25, 0.3) is 5.92 Å². The van der Waals surface area contributed by atoms with Crippen LogP contribution in [0, 0.1) is 5.82 Å². The molecule has 2 fully saturated rings. The van der Waals surface area contributed by atoms with Gasteiger partial charge >= 0.3 is 13.1 Å². The van der Waals surface area contributed by atoms with E-state index in [9.17, 15) is 18.0 Å². The summed E-state index contributed by atoms with van der Waals surface area (Å²) >= 11 is 0. The van der Waals surface area contributed by atoms with Gasteiger partial charge in [0, 0.05) is 0 Å². The van der Waals surface area contributed by atoms with Crippen LogP contribution < -0.4 is 10.4 Å². The van der Waals surface area contributed by atoms with Crippen LogP contribution in [0.3, 0.4) is 0 Å². The van der Waals surface area contributed by atoms with E-state index >= 15 is 0 Å². The lowest BCUT2D eigenvalue weighted by molar-refractivity contribution is -0.0644. The number of aromatic nitrogens is 2. The molecule has 1 atom stereocenters. The van der Waals surface area contributed by atoms with Crippen LogP contribution in [0.15, 0.2) is 24.3 Å². The molecule has 1 aromatic carbocycles. The van der Waals surface area contributed by atoms with Crippen molar-refractivity contribution < 1.29 is 32.0 Å². The van der Waals surface area contributed by atoms with Gasteiger partial charge in [-0.25, -0.2) is 22.6 Å². The second kappa shape index (κ2) is 7.24. The van der Waals surface area contributed by atoms with Crippen molar-refractivity contribution in [1.29, 1.82) is 0 Å². The third-order valence-electron chi connectivity index (χ3n) is 6.57. The van der Waals surface area contributed by atoms with E-state index in [0.717, 1.165) is 0 Å². The molecule has 0 unspecified atom stereocenters. The number of alkyl halides is 2. The van der Waals surface area contributed by atoms with E-state index in [4.69, 9.17) is 14.0 Å². The van der Waals surface area contributed by atoms with Crippen LogP contribution >= 0.6 is 0 Å². The number of hydrogen-bond donors (Lipinski definition) is 0. The Kier molecular flexibility index (Phi) is 5.13. The van der Waals surface area contributed by atoms with E-state index in [2.05, 4.69) is 5.10 Å². The Bertz CT molecular complexity index is 1040. The SMILES string of the molecule is COC(=O)c1nn(-c2ccc(F)cc2)c(N2CC(F)(F)[C@H]2C)c1B1OC(C)(C)C(C)(C)O1. The molecule has 2 aliphatic heterocycles. The minimum Gasteiger partial charge on any atom is -0.464 e. The van der Waals surface area contributed by atoms with Crippen LogP contribution in [0.2, 0.25) is 0 Å². The fraction of sp³-hybridized carbons (Fsp3) is 0.524. The van der Waals surface area contributed by atoms with Crippen molar-refractivity contribution in [3.63, 3.8) is 0 Å². The summed E-state index contributed by atoms with van der Waals surface area (Å²) in [5.41, 5.74) is -1.03. The van der Waals surface area contributed by atoms with Gasteiger partial charge in [-0.05, 0) is 58.9 Å². The molecule has 0 radical (unpaired) electrons. The van der Waals surface area contributed by atoms with E-state index < -0.39 is 48.6 Å². The molecule has 32 heavy (non-hydrogen) atoms. The summed E-state index contributed by atoms with van der Waals surface area (Å²) < 4.78 is 60.4. The number of benzene rings is 1. The molecule has 11 heteroatoms. The fourth-order valence-corrected chi connectivity index (χ4v) is 3.76. The molecule has 2 saturated heterocycles. The first-order valence-electron chi connectivity index (χ1n) is 10.3. The average Bonchev–Trinajstić information content (AvgIpc) is 3.20. The highest BCUT2D eigenvalue weighted by molar-refractivity contribution is 6.65. The molecule has 3 heterocycles. The van der Waals surface area contributed by atoms with E-state index in [1.54, 1.807) is 0 Å². The first-order chi connectivity index (χ1) is 14.8. The zero-order valence-corrected chi connectivity index (χ0v) is 18.8. The normalized spacial score (nSPS) is 23.2. The zero-order valence-electron chi connectivity index (χ0n) is 18.8. The smallest absolute Gasteiger partial charge is 0.464 e. The number of esters is 1. The lowest BCUT2D eigenvalue weighted by atomic mass is 9.77. The van der Waals surface area contributed by atoms with Crippen molar-refractivity contribution in [3.8, 4) is 5.69 Å². The Labute approximate surface area is 184 Å². The summed E-state index contributed by atoms with van der Waals surface area (Å²) in [4.78, 5) is 14.1. The standard InChI is InChI=1S/C21H25BF3N3O4/c1-12-21(24,25)11-27(12)17-15(22-31-19(2,3)20(4,5)32-22)16(18(29)30-6)26-28(17)14-9-7-13(23)8-10-14/h7-10,12H,11H2,1-6H3/t12-/m1/s1. The molecule has 0 amide bonds. The molecule has 4 rings (SSSR count). The highest BCUT2D eigenvalue weighted by Crippen LogP contribution is 2.41.